The number of rotatable bonds is 2. The molecule has 0 aliphatic rings. The van der Waals surface area contributed by atoms with Crippen LogP contribution in [0.5, 0.6) is 0 Å². The topological polar surface area (TPSA) is 37.8 Å². The molecule has 0 aliphatic carbocycles. The standard InChI is InChI=1S/C11H10FN3.ClH/c1-8-5-11(14-7-13-8)15-10-4-2-3-9(12)6-10;/h2-7H,1H3,(H,13,14,15);1H. The van der Waals surface area contributed by atoms with Crippen molar-refractivity contribution in [3.8, 4) is 0 Å². The zero-order chi connectivity index (χ0) is 10.7. The number of halogens is 2. The highest BCUT2D eigenvalue weighted by atomic mass is 35.5. The third-order valence-electron chi connectivity index (χ3n) is 1.90. The summed E-state index contributed by atoms with van der Waals surface area (Å²) in [5.41, 5.74) is 1.54. The maximum absolute atomic E-state index is 12.9. The predicted octanol–water partition coefficient (Wildman–Crippen LogP) is 3.09. The molecule has 0 atom stereocenters. The van der Waals surface area contributed by atoms with Crippen LogP contribution < -0.4 is 5.32 Å². The van der Waals surface area contributed by atoms with Crippen LogP contribution in [-0.4, -0.2) is 9.97 Å². The maximum Gasteiger partial charge on any atom is 0.133 e. The Kier molecular flexibility index (Phi) is 4.19. The fourth-order valence-corrected chi connectivity index (χ4v) is 1.24. The van der Waals surface area contributed by atoms with Gasteiger partial charge in [-0.15, -0.1) is 12.4 Å². The first-order chi connectivity index (χ1) is 7.24. The van der Waals surface area contributed by atoms with Gasteiger partial charge in [0.1, 0.15) is 18.0 Å². The molecule has 0 saturated carbocycles. The highest BCUT2D eigenvalue weighted by Gasteiger charge is 1.97. The van der Waals surface area contributed by atoms with Crippen LogP contribution in [0.4, 0.5) is 15.9 Å². The lowest BCUT2D eigenvalue weighted by Gasteiger charge is -2.05. The van der Waals surface area contributed by atoms with Gasteiger partial charge in [-0.3, -0.25) is 0 Å². The zero-order valence-corrected chi connectivity index (χ0v) is 9.46. The van der Waals surface area contributed by atoms with Crippen molar-refractivity contribution in [2.45, 2.75) is 6.92 Å². The molecule has 1 N–H and O–H groups in total. The minimum absolute atomic E-state index is 0. The lowest BCUT2D eigenvalue weighted by molar-refractivity contribution is 0.628. The summed E-state index contributed by atoms with van der Waals surface area (Å²) in [6.07, 6.45) is 1.47. The molecule has 2 aromatic rings. The van der Waals surface area contributed by atoms with Crippen LogP contribution in [0.15, 0.2) is 36.7 Å². The number of hydrogen-bond donors (Lipinski definition) is 1. The molecule has 0 unspecified atom stereocenters. The van der Waals surface area contributed by atoms with E-state index >= 15 is 0 Å². The normalized spacial score (nSPS) is 9.38. The largest absolute Gasteiger partial charge is 0.340 e. The SMILES string of the molecule is Cc1cc(Nc2cccc(F)c2)ncn1.Cl. The van der Waals surface area contributed by atoms with Gasteiger partial charge in [0, 0.05) is 17.4 Å². The number of nitrogens with one attached hydrogen (secondary N) is 1. The second-order valence-corrected chi connectivity index (χ2v) is 3.18. The van der Waals surface area contributed by atoms with Crippen molar-refractivity contribution >= 4 is 23.9 Å². The van der Waals surface area contributed by atoms with Gasteiger partial charge in [0.25, 0.3) is 0 Å². The number of anilines is 2. The fourth-order valence-electron chi connectivity index (χ4n) is 1.24. The van der Waals surface area contributed by atoms with Gasteiger partial charge in [-0.05, 0) is 25.1 Å². The highest BCUT2D eigenvalue weighted by Crippen LogP contribution is 2.14. The average Bonchev–Trinajstić information content (AvgIpc) is 2.17. The summed E-state index contributed by atoms with van der Waals surface area (Å²) >= 11 is 0. The molecule has 2 rings (SSSR count). The molecule has 3 nitrogen and oxygen atoms in total. The zero-order valence-electron chi connectivity index (χ0n) is 8.64. The average molecular weight is 240 g/mol. The van der Waals surface area contributed by atoms with Crippen LogP contribution in [0, 0.1) is 12.7 Å². The van der Waals surface area contributed by atoms with Crippen LogP contribution in [0.3, 0.4) is 0 Å². The molecule has 16 heavy (non-hydrogen) atoms. The van der Waals surface area contributed by atoms with Gasteiger partial charge in [-0.2, -0.15) is 0 Å². The molecule has 0 bridgehead atoms. The van der Waals surface area contributed by atoms with Gasteiger partial charge in [-0.25, -0.2) is 14.4 Å². The monoisotopic (exact) mass is 239 g/mol. The molecule has 0 amide bonds. The van der Waals surface area contributed by atoms with Crippen LogP contribution in [0.25, 0.3) is 0 Å². The molecule has 0 spiro atoms. The van der Waals surface area contributed by atoms with E-state index in [2.05, 4.69) is 15.3 Å². The quantitative estimate of drug-likeness (QED) is 0.875. The Bertz CT molecular complexity index is 433. The van der Waals surface area contributed by atoms with E-state index in [-0.39, 0.29) is 18.2 Å². The van der Waals surface area contributed by atoms with E-state index in [1.807, 2.05) is 6.92 Å². The molecule has 0 aliphatic heterocycles. The van der Waals surface area contributed by atoms with Gasteiger partial charge in [0.2, 0.25) is 0 Å². The van der Waals surface area contributed by atoms with E-state index < -0.39 is 0 Å². The highest BCUT2D eigenvalue weighted by molar-refractivity contribution is 5.85. The molecule has 1 aromatic heterocycles. The fraction of sp³-hybridized carbons (Fsp3) is 0.0909. The Labute approximate surface area is 99.2 Å². The summed E-state index contributed by atoms with van der Waals surface area (Å²) < 4.78 is 12.9. The smallest absolute Gasteiger partial charge is 0.133 e. The Morgan fingerprint density at radius 2 is 2.00 bits per heavy atom. The van der Waals surface area contributed by atoms with Gasteiger partial charge in [0.15, 0.2) is 0 Å². The third-order valence-corrected chi connectivity index (χ3v) is 1.90. The summed E-state index contributed by atoms with van der Waals surface area (Å²) in [5.74, 6) is 0.388. The molecule has 0 saturated heterocycles. The lowest BCUT2D eigenvalue weighted by atomic mass is 10.3. The van der Waals surface area contributed by atoms with Crippen molar-refractivity contribution in [1.29, 1.82) is 0 Å². The van der Waals surface area contributed by atoms with Crippen molar-refractivity contribution in [1.82, 2.24) is 9.97 Å². The summed E-state index contributed by atoms with van der Waals surface area (Å²) in [7, 11) is 0. The van der Waals surface area contributed by atoms with E-state index in [1.165, 1.54) is 18.5 Å². The van der Waals surface area contributed by atoms with Crippen molar-refractivity contribution in [2.75, 3.05) is 5.32 Å². The molecule has 1 heterocycles. The van der Waals surface area contributed by atoms with Gasteiger partial charge in [-0.1, -0.05) is 6.07 Å². The number of aryl methyl sites for hydroxylation is 1. The Balaban J connectivity index is 0.00000128. The Morgan fingerprint density at radius 1 is 1.19 bits per heavy atom. The summed E-state index contributed by atoms with van der Waals surface area (Å²) in [6, 6.07) is 8.03. The van der Waals surface area contributed by atoms with E-state index in [0.29, 0.717) is 11.5 Å². The Hall–Kier alpha value is -1.68. The molecular weight excluding hydrogens is 229 g/mol. The van der Waals surface area contributed by atoms with Gasteiger partial charge in [0.05, 0.1) is 0 Å². The number of hydrogen-bond acceptors (Lipinski definition) is 3. The molecule has 0 fully saturated rings. The van der Waals surface area contributed by atoms with Crippen LogP contribution in [0.1, 0.15) is 5.69 Å². The number of aromatic nitrogens is 2. The summed E-state index contributed by atoms with van der Waals surface area (Å²) in [4.78, 5) is 7.99. The van der Waals surface area contributed by atoms with Crippen molar-refractivity contribution in [3.63, 3.8) is 0 Å². The van der Waals surface area contributed by atoms with E-state index in [0.717, 1.165) is 5.69 Å². The predicted molar refractivity (Wildman–Crippen MR) is 63.7 cm³/mol. The first-order valence-corrected chi connectivity index (χ1v) is 4.55. The first-order valence-electron chi connectivity index (χ1n) is 4.55. The molecular formula is C11H11ClFN3. The van der Waals surface area contributed by atoms with Crippen molar-refractivity contribution in [3.05, 3.63) is 48.2 Å². The molecule has 1 aromatic carbocycles. The van der Waals surface area contributed by atoms with Crippen molar-refractivity contribution in [2.24, 2.45) is 0 Å². The minimum Gasteiger partial charge on any atom is -0.340 e. The van der Waals surface area contributed by atoms with Gasteiger partial charge < -0.3 is 5.32 Å². The minimum atomic E-state index is -0.272. The molecule has 5 heteroatoms. The first kappa shape index (κ1) is 12.4. The summed E-state index contributed by atoms with van der Waals surface area (Å²) in [6.45, 7) is 1.87. The second kappa shape index (κ2) is 5.42. The number of nitrogens with zero attached hydrogens (tertiary/aromatic N) is 2. The lowest BCUT2D eigenvalue weighted by Crippen LogP contribution is -1.95. The molecule has 84 valence electrons. The Morgan fingerprint density at radius 3 is 2.69 bits per heavy atom. The van der Waals surface area contributed by atoms with Gasteiger partial charge >= 0.3 is 0 Å². The van der Waals surface area contributed by atoms with E-state index in [1.54, 1.807) is 18.2 Å². The second-order valence-electron chi connectivity index (χ2n) is 3.18. The van der Waals surface area contributed by atoms with E-state index in [9.17, 15) is 4.39 Å². The maximum atomic E-state index is 12.9. The van der Waals surface area contributed by atoms with Crippen LogP contribution >= 0.6 is 12.4 Å². The van der Waals surface area contributed by atoms with Crippen LogP contribution in [-0.2, 0) is 0 Å². The van der Waals surface area contributed by atoms with Crippen LogP contribution in [0.2, 0.25) is 0 Å². The summed E-state index contributed by atoms with van der Waals surface area (Å²) in [5, 5.41) is 2.99. The third kappa shape index (κ3) is 3.17. The molecule has 0 radical (unpaired) electrons. The van der Waals surface area contributed by atoms with Crippen molar-refractivity contribution < 1.29 is 4.39 Å². The number of benzene rings is 1. The van der Waals surface area contributed by atoms with E-state index in [4.69, 9.17) is 0 Å².